The maximum atomic E-state index is 10.4. The van der Waals surface area contributed by atoms with Crippen molar-refractivity contribution in [1.29, 1.82) is 0 Å². The van der Waals surface area contributed by atoms with Crippen LogP contribution in [0.25, 0.3) is 0 Å². The molecule has 3 heteroatoms. The van der Waals surface area contributed by atoms with Gasteiger partial charge in [-0.2, -0.15) is 0 Å². The first-order chi connectivity index (χ1) is 2.73. The van der Waals surface area contributed by atoms with E-state index in [2.05, 4.69) is 13.6 Å². The second-order valence-electron chi connectivity index (χ2n) is 0.126. The molecule has 0 rings (SSSR count). The van der Waals surface area contributed by atoms with Crippen LogP contribution in [0.15, 0.2) is 0 Å². The van der Waals surface area contributed by atoms with E-state index in [9.17, 15) is 4.39 Å². The van der Waals surface area contributed by atoms with Crippen molar-refractivity contribution in [3.63, 3.8) is 0 Å². The first kappa shape index (κ1) is 4.95. The zero-order valence-corrected chi connectivity index (χ0v) is 3.11. The zero-order valence-electron chi connectivity index (χ0n) is 4.11. The number of halogens is 1. The van der Waals surface area contributed by atoms with Gasteiger partial charge in [0, 0.05) is 6.55 Å². The summed E-state index contributed by atoms with van der Waals surface area (Å²) in [6.45, 7) is -1.92. The molecule has 2 N–H and O–H groups in total. The molecule has 0 aliphatic carbocycles. The van der Waals surface area contributed by atoms with E-state index in [1.165, 1.54) is 7.05 Å². The second kappa shape index (κ2) is 37.9. The van der Waals surface area contributed by atoms with Crippen molar-refractivity contribution < 1.29 is 5.76 Å². The SMILES string of the molecule is CN.[3H]C([B])F. The minimum atomic E-state index is -1.92. The lowest BCUT2D eigenvalue weighted by molar-refractivity contribution is 0.598. The van der Waals surface area contributed by atoms with Gasteiger partial charge >= 0.3 is 0 Å². The highest BCUT2D eigenvalue weighted by Gasteiger charge is 1.41. The third kappa shape index (κ3) is 7440. The Kier molecular flexibility index (Phi) is 37.5. The fourth-order valence-electron chi connectivity index (χ4n) is 0. The number of hydrogen-bond acceptors (Lipinski definition) is 1. The van der Waals surface area contributed by atoms with Gasteiger partial charge in [-0.25, -0.2) is 0 Å². The molecule has 0 aromatic carbocycles. The van der Waals surface area contributed by atoms with Gasteiger partial charge in [-0.3, -0.25) is 4.39 Å². The summed E-state index contributed by atoms with van der Waals surface area (Å²) in [7, 11) is 5.61. The van der Waals surface area contributed by atoms with Gasteiger partial charge in [0.2, 0.25) is 0 Å². The molecule has 0 saturated heterocycles. The zero-order chi connectivity index (χ0) is 5.58. The van der Waals surface area contributed by atoms with Gasteiger partial charge in [0.25, 0.3) is 0 Å². The van der Waals surface area contributed by atoms with Gasteiger partial charge in [0.05, 0.1) is 1.37 Å². The van der Waals surface area contributed by atoms with Crippen LogP contribution in [0.2, 0.25) is 0 Å². The van der Waals surface area contributed by atoms with Crippen molar-refractivity contribution in [2.75, 3.05) is 13.6 Å². The van der Waals surface area contributed by atoms with Crippen LogP contribution in [0.4, 0.5) is 4.39 Å². The Hall–Kier alpha value is -0.0451. The van der Waals surface area contributed by atoms with Gasteiger partial charge in [-0.05, 0) is 7.05 Å². The van der Waals surface area contributed by atoms with E-state index in [1.807, 2.05) is 0 Å². The number of nitrogens with two attached hydrogens (primary N) is 1. The molecule has 0 aromatic rings. The lowest BCUT2D eigenvalue weighted by Gasteiger charge is -1.44. The van der Waals surface area contributed by atoms with Crippen molar-refractivity contribution in [2.45, 2.75) is 0 Å². The van der Waals surface area contributed by atoms with Gasteiger partial charge < -0.3 is 5.73 Å². The molecule has 0 heterocycles. The van der Waals surface area contributed by atoms with Crippen LogP contribution < -0.4 is 5.73 Å². The Bertz CT molecular complexity index is 18.3. The largest absolute Gasteiger partial charge is 0.333 e. The summed E-state index contributed by atoms with van der Waals surface area (Å²) in [6, 6.07) is 0. The summed E-state index contributed by atoms with van der Waals surface area (Å²) in [4.78, 5) is 0. The summed E-state index contributed by atoms with van der Waals surface area (Å²) >= 11 is 0. The highest BCUT2D eigenvalue weighted by atomic mass is 19.1. The molecule has 0 spiro atoms. The van der Waals surface area contributed by atoms with Crippen molar-refractivity contribution in [2.24, 2.45) is 5.73 Å². The molecule has 1 nitrogen and oxygen atoms in total. The van der Waals surface area contributed by atoms with E-state index in [0.29, 0.717) is 0 Å². The number of alkyl halides is 1. The fraction of sp³-hybridized carbons (Fsp3) is 1.00. The van der Waals surface area contributed by atoms with E-state index in [0.717, 1.165) is 0 Å². The molecular weight excluding hydrogens is 67.8 g/mol. The maximum absolute atomic E-state index is 10.4. The lowest BCUT2D eigenvalue weighted by atomic mass is 10.2. The fourth-order valence-corrected chi connectivity index (χ4v) is 0. The molecule has 2 radical (unpaired) electrons. The Balaban J connectivity index is 0. The molecule has 5 heavy (non-hydrogen) atoms. The van der Waals surface area contributed by atoms with E-state index in [-0.39, 0.29) is 0 Å². The summed E-state index contributed by atoms with van der Waals surface area (Å²) < 4.78 is 16.1. The minimum absolute atomic E-state index is 1.50. The van der Waals surface area contributed by atoms with Crippen LogP contribution in [0.3, 0.4) is 0 Å². The maximum Gasteiger partial charge on any atom is 0.111 e. The highest BCUT2D eigenvalue weighted by Crippen LogP contribution is 1.39. The molecule has 0 aliphatic heterocycles. The Labute approximate surface area is 34.2 Å². The number of hydrogen-bond donors (Lipinski definition) is 1. The second-order valence-corrected chi connectivity index (χ2v) is 0.126. The predicted molar refractivity (Wildman–Crippen MR) is 21.8 cm³/mol. The Morgan fingerprint density at radius 1 is 2.20 bits per heavy atom. The normalized spacial score (nSPS) is 13.8. The van der Waals surface area contributed by atoms with Gasteiger partial charge in [-0.15, -0.1) is 0 Å². The van der Waals surface area contributed by atoms with E-state index >= 15 is 0 Å². The van der Waals surface area contributed by atoms with Crippen molar-refractivity contribution in [3.05, 3.63) is 0 Å². The average molecular weight is 76.9 g/mol. The van der Waals surface area contributed by atoms with Crippen molar-refractivity contribution in [3.8, 4) is 0 Å². The molecule has 1 atom stereocenters. The predicted octanol–water partition coefficient (Wildman–Crippen LogP) is -0.343. The van der Waals surface area contributed by atoms with Crippen molar-refractivity contribution >= 4 is 7.85 Å². The van der Waals surface area contributed by atoms with Gasteiger partial charge in [-0.1, -0.05) is 0 Å². The molecule has 0 bridgehead atoms. The average Bonchev–Trinajstić information content (AvgIpc) is 1.41. The molecular formula is C2H7BFN. The third-order valence-electron chi connectivity index (χ3n) is 0. The third-order valence-corrected chi connectivity index (χ3v) is 0. The molecule has 30 valence electrons. The Morgan fingerprint density at radius 3 is 2.20 bits per heavy atom. The van der Waals surface area contributed by atoms with Crippen LogP contribution in [0.5, 0.6) is 0 Å². The van der Waals surface area contributed by atoms with Crippen LogP contribution in [0.1, 0.15) is 1.37 Å². The molecule has 1 unspecified atom stereocenters. The highest BCUT2D eigenvalue weighted by molar-refractivity contribution is 6.07. The first-order valence-electron chi connectivity index (χ1n) is 1.71. The van der Waals surface area contributed by atoms with Crippen LogP contribution in [-0.2, 0) is 0 Å². The van der Waals surface area contributed by atoms with E-state index in [1.54, 1.807) is 0 Å². The van der Waals surface area contributed by atoms with Crippen molar-refractivity contribution in [1.82, 2.24) is 0 Å². The van der Waals surface area contributed by atoms with Gasteiger partial charge in [0.1, 0.15) is 7.85 Å². The molecule has 0 amide bonds. The molecule has 0 fully saturated rings. The monoisotopic (exact) mass is 77.1 g/mol. The summed E-state index contributed by atoms with van der Waals surface area (Å²) in [5, 5.41) is 0. The van der Waals surface area contributed by atoms with Gasteiger partial charge in [0.15, 0.2) is 0 Å². The quantitative estimate of drug-likeness (QED) is 0.393. The first-order valence-corrected chi connectivity index (χ1v) is 1.13. The van der Waals surface area contributed by atoms with Crippen LogP contribution in [0, 0.1) is 0 Å². The summed E-state index contributed by atoms with van der Waals surface area (Å²) in [5.41, 5.74) is 4.50. The molecule has 0 saturated carbocycles. The lowest BCUT2D eigenvalue weighted by Crippen LogP contribution is -1.69. The molecule has 0 aromatic heterocycles. The molecule has 0 aliphatic rings. The summed E-state index contributed by atoms with van der Waals surface area (Å²) in [6.07, 6.45) is 0. The van der Waals surface area contributed by atoms with Crippen LogP contribution in [-0.4, -0.2) is 21.4 Å². The standard InChI is InChI=1S/CH2BF.CH5N/c2-1-3;1-2/h1H2;2H2,1H3/i1T;. The van der Waals surface area contributed by atoms with E-state index in [4.69, 9.17) is 1.37 Å². The van der Waals surface area contributed by atoms with Crippen LogP contribution >= 0.6 is 0 Å². The smallest absolute Gasteiger partial charge is 0.111 e. The topological polar surface area (TPSA) is 26.0 Å². The van der Waals surface area contributed by atoms with E-state index < -0.39 is 6.55 Å². The minimum Gasteiger partial charge on any atom is -0.333 e. The summed E-state index contributed by atoms with van der Waals surface area (Å²) in [5.74, 6) is 0. The number of rotatable bonds is 0. The Morgan fingerprint density at radius 2 is 2.20 bits per heavy atom.